The van der Waals surface area contributed by atoms with Gasteiger partial charge in [-0.15, -0.1) is 0 Å². The lowest BCUT2D eigenvalue weighted by atomic mass is 10.00. The van der Waals surface area contributed by atoms with Gasteiger partial charge in [0.2, 0.25) is 0 Å². The van der Waals surface area contributed by atoms with Gasteiger partial charge in [0.1, 0.15) is 0 Å². The van der Waals surface area contributed by atoms with Gasteiger partial charge in [0.15, 0.2) is 0 Å². The summed E-state index contributed by atoms with van der Waals surface area (Å²) >= 11 is 0. The van der Waals surface area contributed by atoms with Crippen LogP contribution in [0.15, 0.2) is 12.1 Å². The van der Waals surface area contributed by atoms with Crippen molar-refractivity contribution in [1.82, 2.24) is 0 Å². The summed E-state index contributed by atoms with van der Waals surface area (Å²) in [5, 5.41) is 0. The van der Waals surface area contributed by atoms with Gasteiger partial charge in [0, 0.05) is 5.69 Å². The highest BCUT2D eigenvalue weighted by Crippen LogP contribution is 2.29. The molecule has 0 atom stereocenters. The summed E-state index contributed by atoms with van der Waals surface area (Å²) < 4.78 is 0. The van der Waals surface area contributed by atoms with Gasteiger partial charge in [-0.3, -0.25) is 0 Å². The van der Waals surface area contributed by atoms with Crippen LogP contribution in [0.2, 0.25) is 0 Å². The highest BCUT2D eigenvalue weighted by atomic mass is 14.7. The highest BCUT2D eigenvalue weighted by molar-refractivity contribution is 5.73. The lowest BCUT2D eigenvalue weighted by Gasteiger charge is -2.12. The van der Waals surface area contributed by atoms with Gasteiger partial charge < -0.3 is 17.2 Å². The summed E-state index contributed by atoms with van der Waals surface area (Å²) in [5.74, 6) is 0.357. The molecule has 66 valence electrons. The van der Waals surface area contributed by atoms with Crippen molar-refractivity contribution < 1.29 is 0 Å². The van der Waals surface area contributed by atoms with E-state index in [1.807, 2.05) is 6.07 Å². The van der Waals surface area contributed by atoms with E-state index in [0.29, 0.717) is 23.0 Å². The predicted octanol–water partition coefficient (Wildman–Crippen LogP) is 1.56. The van der Waals surface area contributed by atoms with Crippen molar-refractivity contribution in [3.8, 4) is 0 Å². The van der Waals surface area contributed by atoms with Crippen molar-refractivity contribution in [2.75, 3.05) is 17.2 Å². The Kier molecular flexibility index (Phi) is 2.13. The Labute approximate surface area is 72.5 Å². The largest absolute Gasteiger partial charge is 0.399 e. The average Bonchev–Trinajstić information content (AvgIpc) is 1.96. The van der Waals surface area contributed by atoms with Crippen LogP contribution in [0.25, 0.3) is 0 Å². The molecular weight excluding hydrogens is 150 g/mol. The summed E-state index contributed by atoms with van der Waals surface area (Å²) in [7, 11) is 0. The van der Waals surface area contributed by atoms with Crippen LogP contribution in [-0.4, -0.2) is 0 Å². The molecule has 0 aromatic heterocycles. The minimum absolute atomic E-state index is 0.357. The first-order valence-electron chi connectivity index (χ1n) is 3.96. The molecule has 6 N–H and O–H groups in total. The second kappa shape index (κ2) is 2.93. The van der Waals surface area contributed by atoms with Crippen LogP contribution >= 0.6 is 0 Å². The summed E-state index contributed by atoms with van der Waals surface area (Å²) in [6, 6.07) is 3.55. The fraction of sp³-hybridized carbons (Fsp3) is 0.333. The van der Waals surface area contributed by atoms with Crippen molar-refractivity contribution in [2.45, 2.75) is 19.8 Å². The Morgan fingerprint density at radius 3 is 2.17 bits per heavy atom. The summed E-state index contributed by atoms with van der Waals surface area (Å²) in [4.78, 5) is 0. The van der Waals surface area contributed by atoms with Gasteiger partial charge in [-0.05, 0) is 23.6 Å². The van der Waals surface area contributed by atoms with E-state index < -0.39 is 0 Å². The second-order valence-electron chi connectivity index (χ2n) is 3.27. The van der Waals surface area contributed by atoms with Gasteiger partial charge in [0.25, 0.3) is 0 Å². The molecular formula is C9H15N3. The van der Waals surface area contributed by atoms with Crippen LogP contribution in [0.1, 0.15) is 25.3 Å². The van der Waals surface area contributed by atoms with Crippen molar-refractivity contribution in [3.05, 3.63) is 17.7 Å². The lowest BCUT2D eigenvalue weighted by Crippen LogP contribution is -2.03. The van der Waals surface area contributed by atoms with Crippen LogP contribution in [0.4, 0.5) is 17.1 Å². The average molecular weight is 165 g/mol. The van der Waals surface area contributed by atoms with Crippen LogP contribution in [0.3, 0.4) is 0 Å². The molecule has 0 radical (unpaired) electrons. The zero-order valence-corrected chi connectivity index (χ0v) is 7.46. The molecule has 0 spiro atoms. The van der Waals surface area contributed by atoms with E-state index >= 15 is 0 Å². The normalized spacial score (nSPS) is 10.6. The fourth-order valence-electron chi connectivity index (χ4n) is 1.20. The molecule has 0 aliphatic carbocycles. The summed E-state index contributed by atoms with van der Waals surface area (Å²) in [6.45, 7) is 4.12. The van der Waals surface area contributed by atoms with Crippen molar-refractivity contribution in [3.63, 3.8) is 0 Å². The Bertz CT molecular complexity index is 292. The van der Waals surface area contributed by atoms with E-state index in [2.05, 4.69) is 13.8 Å². The third kappa shape index (κ3) is 1.44. The van der Waals surface area contributed by atoms with Gasteiger partial charge >= 0.3 is 0 Å². The number of hydrogen-bond donors (Lipinski definition) is 3. The first-order chi connectivity index (χ1) is 5.52. The number of hydrogen-bond acceptors (Lipinski definition) is 3. The molecule has 0 saturated carbocycles. The number of benzene rings is 1. The van der Waals surface area contributed by atoms with E-state index in [9.17, 15) is 0 Å². The third-order valence-electron chi connectivity index (χ3n) is 1.89. The zero-order chi connectivity index (χ0) is 9.30. The molecule has 0 unspecified atom stereocenters. The van der Waals surface area contributed by atoms with E-state index in [4.69, 9.17) is 17.2 Å². The number of nitrogen functional groups attached to an aromatic ring is 3. The van der Waals surface area contributed by atoms with E-state index in [-0.39, 0.29) is 0 Å². The molecule has 1 aromatic carbocycles. The first kappa shape index (κ1) is 8.71. The molecule has 1 aromatic rings. The van der Waals surface area contributed by atoms with Crippen LogP contribution < -0.4 is 17.2 Å². The third-order valence-corrected chi connectivity index (χ3v) is 1.89. The molecule has 0 amide bonds. The number of nitrogens with two attached hydrogens (primary N) is 3. The molecule has 3 nitrogen and oxygen atoms in total. The molecule has 0 heterocycles. The molecule has 0 aliphatic rings. The maximum absolute atomic E-state index is 5.77. The van der Waals surface area contributed by atoms with Gasteiger partial charge in [0.05, 0.1) is 11.4 Å². The molecule has 0 fully saturated rings. The van der Waals surface area contributed by atoms with Gasteiger partial charge in [-0.1, -0.05) is 13.8 Å². The van der Waals surface area contributed by atoms with E-state index in [1.54, 1.807) is 6.07 Å². The van der Waals surface area contributed by atoms with E-state index in [0.717, 1.165) is 5.56 Å². The smallest absolute Gasteiger partial charge is 0.0584 e. The van der Waals surface area contributed by atoms with Crippen molar-refractivity contribution >= 4 is 17.1 Å². The predicted molar refractivity (Wildman–Crippen MR) is 53.8 cm³/mol. The minimum Gasteiger partial charge on any atom is -0.399 e. The fourth-order valence-corrected chi connectivity index (χ4v) is 1.20. The first-order valence-corrected chi connectivity index (χ1v) is 3.96. The quantitative estimate of drug-likeness (QED) is 0.552. The van der Waals surface area contributed by atoms with Gasteiger partial charge in [-0.2, -0.15) is 0 Å². The van der Waals surface area contributed by atoms with Crippen molar-refractivity contribution in [2.24, 2.45) is 0 Å². The van der Waals surface area contributed by atoms with Gasteiger partial charge in [-0.25, -0.2) is 0 Å². The lowest BCUT2D eigenvalue weighted by molar-refractivity contribution is 0.871. The van der Waals surface area contributed by atoms with Crippen LogP contribution in [0, 0.1) is 0 Å². The van der Waals surface area contributed by atoms with Crippen molar-refractivity contribution in [1.29, 1.82) is 0 Å². The second-order valence-corrected chi connectivity index (χ2v) is 3.27. The summed E-state index contributed by atoms with van der Waals surface area (Å²) in [5.41, 5.74) is 20.0. The minimum atomic E-state index is 0.357. The van der Waals surface area contributed by atoms with Crippen LogP contribution in [0.5, 0.6) is 0 Å². The van der Waals surface area contributed by atoms with E-state index in [1.165, 1.54) is 0 Å². The Morgan fingerprint density at radius 2 is 1.67 bits per heavy atom. The Morgan fingerprint density at radius 1 is 1.08 bits per heavy atom. The highest BCUT2D eigenvalue weighted by Gasteiger charge is 2.07. The molecule has 12 heavy (non-hydrogen) atoms. The Balaban J connectivity index is 3.28. The molecule has 3 heteroatoms. The monoisotopic (exact) mass is 165 g/mol. The zero-order valence-electron chi connectivity index (χ0n) is 7.46. The Hall–Kier alpha value is -1.38. The molecule has 0 bridgehead atoms. The standard InChI is InChI=1S/C9H15N3/c1-5(2)7-3-6(10)4-8(11)9(7)12/h3-5H,10-12H2,1-2H3. The molecule has 1 rings (SSSR count). The number of anilines is 3. The van der Waals surface area contributed by atoms with Crippen LogP contribution in [-0.2, 0) is 0 Å². The maximum Gasteiger partial charge on any atom is 0.0584 e. The molecule has 0 aliphatic heterocycles. The number of rotatable bonds is 1. The summed E-state index contributed by atoms with van der Waals surface area (Å²) in [6.07, 6.45) is 0. The maximum atomic E-state index is 5.77. The molecule has 0 saturated heterocycles. The SMILES string of the molecule is CC(C)c1cc(N)cc(N)c1N. The topological polar surface area (TPSA) is 78.1 Å².